The van der Waals surface area contributed by atoms with Gasteiger partial charge in [-0.1, -0.05) is 29.8 Å². The van der Waals surface area contributed by atoms with Gasteiger partial charge in [0, 0.05) is 24.4 Å². The van der Waals surface area contributed by atoms with E-state index < -0.39 is 17.9 Å². The van der Waals surface area contributed by atoms with Crippen molar-refractivity contribution in [2.45, 2.75) is 19.8 Å². The molecule has 1 heterocycles. The van der Waals surface area contributed by atoms with Gasteiger partial charge in [-0.2, -0.15) is 0 Å². The van der Waals surface area contributed by atoms with Crippen molar-refractivity contribution in [1.29, 1.82) is 0 Å². The summed E-state index contributed by atoms with van der Waals surface area (Å²) in [5.74, 6) is -1.86. The highest BCUT2D eigenvalue weighted by molar-refractivity contribution is 6.31. The van der Waals surface area contributed by atoms with E-state index in [-0.39, 0.29) is 18.8 Å². The molecular weight excluding hydrogens is 412 g/mol. The van der Waals surface area contributed by atoms with E-state index in [9.17, 15) is 9.59 Å². The Morgan fingerprint density at radius 1 is 1.20 bits per heavy atom. The molecule has 166 valence electrons. The molecule has 0 saturated heterocycles. The SMILES string of the molecule is CCOC(=O)C1=C(COCCN)NC(C)=C(C(=O)OC)C1c1ccccc1Cl.CO. The molecule has 1 aliphatic rings. The van der Waals surface area contributed by atoms with Crippen LogP contribution in [0, 0.1) is 0 Å². The maximum Gasteiger partial charge on any atom is 0.336 e. The molecule has 0 saturated carbocycles. The third-order valence-corrected chi connectivity index (χ3v) is 4.61. The number of methoxy groups -OCH3 is 1. The van der Waals surface area contributed by atoms with Gasteiger partial charge in [0.05, 0.1) is 49.7 Å². The minimum atomic E-state index is -0.752. The lowest BCUT2D eigenvalue weighted by atomic mass is 9.80. The van der Waals surface area contributed by atoms with Crippen molar-refractivity contribution in [3.63, 3.8) is 0 Å². The van der Waals surface area contributed by atoms with Crippen LogP contribution in [0.15, 0.2) is 46.8 Å². The third-order valence-electron chi connectivity index (χ3n) is 4.27. The summed E-state index contributed by atoms with van der Waals surface area (Å²) >= 11 is 6.42. The van der Waals surface area contributed by atoms with Crippen molar-refractivity contribution >= 4 is 23.5 Å². The fourth-order valence-corrected chi connectivity index (χ4v) is 3.36. The Hall–Kier alpha value is -2.39. The second kappa shape index (κ2) is 13.0. The number of allylic oxidation sites excluding steroid dienone is 1. The topological polar surface area (TPSA) is 120 Å². The summed E-state index contributed by atoms with van der Waals surface area (Å²) in [6, 6.07) is 7.05. The maximum atomic E-state index is 12.9. The van der Waals surface area contributed by atoms with Crippen LogP contribution in [0.2, 0.25) is 5.02 Å². The first kappa shape index (κ1) is 25.6. The lowest BCUT2D eigenvalue weighted by molar-refractivity contribution is -0.139. The Labute approximate surface area is 181 Å². The number of aliphatic hydroxyl groups excluding tert-OH is 1. The summed E-state index contributed by atoms with van der Waals surface area (Å²) in [6.45, 7) is 4.42. The number of dihydropyridines is 1. The van der Waals surface area contributed by atoms with Gasteiger partial charge in [-0.15, -0.1) is 0 Å². The van der Waals surface area contributed by atoms with Crippen molar-refractivity contribution in [1.82, 2.24) is 5.32 Å². The van der Waals surface area contributed by atoms with Gasteiger partial charge < -0.3 is 30.4 Å². The van der Waals surface area contributed by atoms with Crippen LogP contribution in [-0.2, 0) is 23.8 Å². The number of benzene rings is 1. The van der Waals surface area contributed by atoms with Crippen LogP contribution in [0.4, 0.5) is 0 Å². The molecular formula is C21H29ClN2O6. The fraction of sp³-hybridized carbons (Fsp3) is 0.429. The van der Waals surface area contributed by atoms with Crippen LogP contribution in [0.5, 0.6) is 0 Å². The van der Waals surface area contributed by atoms with Gasteiger partial charge in [0.2, 0.25) is 0 Å². The normalized spacial score (nSPS) is 15.8. The summed E-state index contributed by atoms with van der Waals surface area (Å²) in [5, 5.41) is 10.5. The molecule has 0 radical (unpaired) electrons. The molecule has 0 spiro atoms. The molecule has 1 atom stereocenters. The number of rotatable bonds is 8. The molecule has 1 unspecified atom stereocenters. The van der Waals surface area contributed by atoms with E-state index in [0.29, 0.717) is 40.7 Å². The highest BCUT2D eigenvalue weighted by Crippen LogP contribution is 2.41. The fourth-order valence-electron chi connectivity index (χ4n) is 3.12. The average molecular weight is 441 g/mol. The van der Waals surface area contributed by atoms with Crippen LogP contribution in [0.3, 0.4) is 0 Å². The van der Waals surface area contributed by atoms with Crippen molar-refractivity contribution in [3.8, 4) is 0 Å². The second-order valence-electron chi connectivity index (χ2n) is 6.06. The van der Waals surface area contributed by atoms with Gasteiger partial charge in [0.25, 0.3) is 0 Å². The van der Waals surface area contributed by atoms with Crippen LogP contribution < -0.4 is 11.1 Å². The van der Waals surface area contributed by atoms with E-state index >= 15 is 0 Å². The van der Waals surface area contributed by atoms with Gasteiger partial charge in [-0.3, -0.25) is 0 Å². The van der Waals surface area contributed by atoms with Crippen LogP contribution in [0.1, 0.15) is 25.3 Å². The average Bonchev–Trinajstić information content (AvgIpc) is 2.75. The maximum absolute atomic E-state index is 12.9. The number of hydrogen-bond donors (Lipinski definition) is 3. The van der Waals surface area contributed by atoms with E-state index in [4.69, 9.17) is 36.7 Å². The number of esters is 2. The van der Waals surface area contributed by atoms with E-state index in [1.54, 1.807) is 38.1 Å². The summed E-state index contributed by atoms with van der Waals surface area (Å²) < 4.78 is 15.8. The molecule has 2 rings (SSSR count). The Morgan fingerprint density at radius 3 is 2.43 bits per heavy atom. The standard InChI is InChI=1S/C20H25ClN2O5.CH4O/c1-4-28-20(25)18-15(11-27-10-9-22)23-12(2)16(19(24)26-3)17(18)13-7-5-6-8-14(13)21;1-2/h5-8,17,23H,4,9-11,22H2,1-3H3;2H,1H3. The molecule has 1 aromatic carbocycles. The number of halogens is 1. The molecule has 8 nitrogen and oxygen atoms in total. The number of carbonyl (C=O) groups is 2. The first-order valence-corrected chi connectivity index (χ1v) is 9.77. The summed E-state index contributed by atoms with van der Waals surface area (Å²) in [4.78, 5) is 25.5. The highest BCUT2D eigenvalue weighted by atomic mass is 35.5. The number of carbonyl (C=O) groups excluding carboxylic acids is 2. The van der Waals surface area contributed by atoms with Gasteiger partial charge in [-0.25, -0.2) is 9.59 Å². The molecule has 0 aliphatic carbocycles. The number of aliphatic hydroxyl groups is 1. The van der Waals surface area contributed by atoms with Crippen molar-refractivity contribution in [2.75, 3.05) is 40.6 Å². The van der Waals surface area contributed by atoms with Gasteiger partial charge >= 0.3 is 11.9 Å². The number of nitrogens with one attached hydrogen (secondary N) is 1. The zero-order chi connectivity index (χ0) is 22.7. The predicted molar refractivity (Wildman–Crippen MR) is 114 cm³/mol. The molecule has 1 aliphatic heterocycles. The molecule has 0 aromatic heterocycles. The first-order valence-electron chi connectivity index (χ1n) is 9.39. The van der Waals surface area contributed by atoms with E-state index in [0.717, 1.165) is 7.11 Å². The zero-order valence-corrected chi connectivity index (χ0v) is 18.4. The lowest BCUT2D eigenvalue weighted by Gasteiger charge is -2.31. The highest BCUT2D eigenvalue weighted by Gasteiger charge is 2.39. The van der Waals surface area contributed by atoms with Crippen LogP contribution in [0.25, 0.3) is 0 Å². The number of ether oxygens (including phenoxy) is 3. The summed E-state index contributed by atoms with van der Waals surface area (Å²) in [6.07, 6.45) is 0. The molecule has 30 heavy (non-hydrogen) atoms. The Morgan fingerprint density at radius 2 is 1.87 bits per heavy atom. The van der Waals surface area contributed by atoms with Gasteiger partial charge in [0.15, 0.2) is 0 Å². The van der Waals surface area contributed by atoms with E-state index in [2.05, 4.69) is 5.32 Å². The molecule has 1 aromatic rings. The molecule has 0 bridgehead atoms. The molecule has 4 N–H and O–H groups in total. The van der Waals surface area contributed by atoms with Crippen LogP contribution in [-0.4, -0.2) is 57.6 Å². The third kappa shape index (κ3) is 6.06. The van der Waals surface area contributed by atoms with E-state index in [1.807, 2.05) is 0 Å². The Bertz CT molecular complexity index is 806. The molecule has 0 fully saturated rings. The lowest BCUT2D eigenvalue weighted by Crippen LogP contribution is -2.35. The molecule has 0 amide bonds. The van der Waals surface area contributed by atoms with Crippen molar-refractivity contribution in [2.24, 2.45) is 5.73 Å². The van der Waals surface area contributed by atoms with Crippen LogP contribution >= 0.6 is 11.6 Å². The monoisotopic (exact) mass is 440 g/mol. The largest absolute Gasteiger partial charge is 0.466 e. The number of hydrogen-bond acceptors (Lipinski definition) is 8. The Kier molecular flexibility index (Phi) is 11.1. The van der Waals surface area contributed by atoms with Crippen molar-refractivity contribution in [3.05, 3.63) is 57.4 Å². The molecule has 9 heteroatoms. The minimum Gasteiger partial charge on any atom is -0.466 e. The first-order chi connectivity index (χ1) is 14.5. The predicted octanol–water partition coefficient (Wildman–Crippen LogP) is 1.87. The minimum absolute atomic E-state index is 0.109. The Balaban J connectivity index is 0.00000218. The second-order valence-corrected chi connectivity index (χ2v) is 6.47. The summed E-state index contributed by atoms with van der Waals surface area (Å²) in [7, 11) is 2.29. The van der Waals surface area contributed by atoms with Gasteiger partial charge in [0.1, 0.15) is 0 Å². The number of nitrogens with two attached hydrogens (primary N) is 1. The van der Waals surface area contributed by atoms with E-state index in [1.165, 1.54) is 7.11 Å². The van der Waals surface area contributed by atoms with Gasteiger partial charge in [-0.05, 0) is 25.5 Å². The smallest absolute Gasteiger partial charge is 0.336 e. The zero-order valence-electron chi connectivity index (χ0n) is 17.7. The summed E-state index contributed by atoms with van der Waals surface area (Å²) in [5.41, 5.74) is 7.70. The quantitative estimate of drug-likeness (QED) is 0.414. The van der Waals surface area contributed by atoms with Crippen molar-refractivity contribution < 1.29 is 28.9 Å².